The molecule has 1 heterocycles. The Kier molecular flexibility index (Phi) is 5.43. The molecular formula is C21H24N2O4. The van der Waals surface area contributed by atoms with Gasteiger partial charge in [-0.1, -0.05) is 6.07 Å². The fourth-order valence-electron chi connectivity index (χ4n) is 3.62. The number of methoxy groups -OCH3 is 4. The molecule has 0 aliphatic carbocycles. The lowest BCUT2D eigenvalue weighted by atomic mass is 9.79. The van der Waals surface area contributed by atoms with Gasteiger partial charge in [-0.25, -0.2) is 0 Å². The molecule has 0 radical (unpaired) electrons. The van der Waals surface area contributed by atoms with Gasteiger partial charge in [0.1, 0.15) is 5.54 Å². The Labute approximate surface area is 159 Å². The first-order valence-corrected chi connectivity index (χ1v) is 8.73. The second-order valence-electron chi connectivity index (χ2n) is 6.42. The molecule has 0 saturated heterocycles. The Morgan fingerprint density at radius 3 is 2.19 bits per heavy atom. The average molecular weight is 368 g/mol. The van der Waals surface area contributed by atoms with Gasteiger partial charge >= 0.3 is 0 Å². The van der Waals surface area contributed by atoms with Crippen LogP contribution in [0.4, 0.5) is 0 Å². The maximum absolute atomic E-state index is 10.1. The van der Waals surface area contributed by atoms with Crippen molar-refractivity contribution in [1.29, 1.82) is 5.26 Å². The molecule has 2 aromatic rings. The molecule has 0 bridgehead atoms. The molecule has 1 N–H and O–H groups in total. The van der Waals surface area contributed by atoms with Gasteiger partial charge in [-0.2, -0.15) is 5.26 Å². The third-order valence-corrected chi connectivity index (χ3v) is 5.00. The van der Waals surface area contributed by atoms with Crippen LogP contribution in [0.1, 0.15) is 16.7 Å². The van der Waals surface area contributed by atoms with Gasteiger partial charge in [0.25, 0.3) is 0 Å². The summed E-state index contributed by atoms with van der Waals surface area (Å²) in [6.07, 6.45) is 1.32. The number of ether oxygens (including phenoxy) is 4. The Morgan fingerprint density at radius 2 is 1.56 bits per heavy atom. The van der Waals surface area contributed by atoms with E-state index in [0.717, 1.165) is 23.1 Å². The van der Waals surface area contributed by atoms with Gasteiger partial charge < -0.3 is 18.9 Å². The molecule has 27 heavy (non-hydrogen) atoms. The van der Waals surface area contributed by atoms with Crippen LogP contribution in [0.2, 0.25) is 0 Å². The summed E-state index contributed by atoms with van der Waals surface area (Å²) >= 11 is 0. The maximum atomic E-state index is 10.1. The molecule has 1 atom stereocenters. The number of nitrogens with zero attached hydrogens (tertiary/aromatic N) is 1. The van der Waals surface area contributed by atoms with Crippen LogP contribution in [0, 0.1) is 11.3 Å². The zero-order valence-electron chi connectivity index (χ0n) is 16.1. The zero-order valence-corrected chi connectivity index (χ0v) is 16.1. The van der Waals surface area contributed by atoms with Crippen LogP contribution in [0.5, 0.6) is 23.0 Å². The van der Waals surface area contributed by atoms with Crippen molar-refractivity contribution in [2.45, 2.75) is 18.4 Å². The number of benzene rings is 2. The van der Waals surface area contributed by atoms with E-state index in [1.165, 1.54) is 0 Å². The van der Waals surface area contributed by atoms with Gasteiger partial charge in [0.2, 0.25) is 0 Å². The van der Waals surface area contributed by atoms with E-state index in [4.69, 9.17) is 18.9 Å². The van der Waals surface area contributed by atoms with E-state index in [9.17, 15) is 5.26 Å². The Hall–Kier alpha value is -2.91. The first-order valence-electron chi connectivity index (χ1n) is 8.73. The SMILES string of the molecule is COc1ccc(CC2(C#N)NCCc3cc(OC)c(OC)cc32)cc1OC. The van der Waals surface area contributed by atoms with Crippen LogP contribution in [0.15, 0.2) is 30.3 Å². The fourth-order valence-corrected chi connectivity index (χ4v) is 3.62. The molecule has 1 aliphatic heterocycles. The van der Waals surface area contributed by atoms with Gasteiger partial charge in [0.15, 0.2) is 23.0 Å². The van der Waals surface area contributed by atoms with E-state index in [1.807, 2.05) is 30.3 Å². The second-order valence-corrected chi connectivity index (χ2v) is 6.42. The summed E-state index contributed by atoms with van der Waals surface area (Å²) in [5, 5.41) is 13.5. The monoisotopic (exact) mass is 368 g/mol. The maximum Gasteiger partial charge on any atom is 0.161 e. The molecule has 2 aromatic carbocycles. The van der Waals surface area contributed by atoms with Crippen LogP contribution >= 0.6 is 0 Å². The largest absolute Gasteiger partial charge is 0.493 e. The summed E-state index contributed by atoms with van der Waals surface area (Å²) in [4.78, 5) is 0. The molecule has 142 valence electrons. The topological polar surface area (TPSA) is 72.7 Å². The summed E-state index contributed by atoms with van der Waals surface area (Å²) < 4.78 is 21.6. The Balaban J connectivity index is 2.06. The molecule has 0 spiro atoms. The molecule has 0 aromatic heterocycles. The predicted octanol–water partition coefficient (Wildman–Crippen LogP) is 2.83. The number of hydrogen-bond donors (Lipinski definition) is 1. The van der Waals surface area contributed by atoms with Crippen LogP contribution < -0.4 is 24.3 Å². The lowest BCUT2D eigenvalue weighted by molar-refractivity contribution is 0.346. The summed E-state index contributed by atoms with van der Waals surface area (Å²) in [7, 11) is 6.43. The number of nitrogens with one attached hydrogen (secondary N) is 1. The van der Waals surface area contributed by atoms with Gasteiger partial charge in [-0.3, -0.25) is 5.32 Å². The van der Waals surface area contributed by atoms with Gasteiger partial charge in [-0.15, -0.1) is 0 Å². The first-order chi connectivity index (χ1) is 13.1. The van der Waals surface area contributed by atoms with Crippen molar-refractivity contribution in [2.75, 3.05) is 35.0 Å². The highest BCUT2D eigenvalue weighted by molar-refractivity contribution is 5.54. The highest BCUT2D eigenvalue weighted by atomic mass is 16.5. The van der Waals surface area contributed by atoms with Crippen molar-refractivity contribution >= 4 is 0 Å². The summed E-state index contributed by atoms with van der Waals surface area (Å²) in [6, 6.07) is 12.1. The molecule has 6 heteroatoms. The molecule has 0 fully saturated rings. The van der Waals surface area contributed by atoms with Crippen molar-refractivity contribution < 1.29 is 18.9 Å². The molecule has 0 amide bonds. The first kappa shape index (κ1) is 18.9. The van der Waals surface area contributed by atoms with E-state index >= 15 is 0 Å². The van der Waals surface area contributed by atoms with Crippen LogP contribution in [-0.2, 0) is 18.4 Å². The van der Waals surface area contributed by atoms with Crippen LogP contribution in [-0.4, -0.2) is 35.0 Å². The summed E-state index contributed by atoms with van der Waals surface area (Å²) in [5.41, 5.74) is 2.13. The molecule has 6 nitrogen and oxygen atoms in total. The minimum atomic E-state index is -0.854. The van der Waals surface area contributed by atoms with E-state index in [2.05, 4.69) is 11.4 Å². The third-order valence-electron chi connectivity index (χ3n) is 5.00. The zero-order chi connectivity index (χ0) is 19.4. The highest BCUT2D eigenvalue weighted by Gasteiger charge is 2.38. The number of nitriles is 1. The quantitative estimate of drug-likeness (QED) is 0.845. The van der Waals surface area contributed by atoms with Crippen molar-refractivity contribution in [2.24, 2.45) is 0 Å². The van der Waals surface area contributed by atoms with Crippen molar-refractivity contribution in [3.8, 4) is 29.1 Å². The van der Waals surface area contributed by atoms with Crippen molar-refractivity contribution in [3.63, 3.8) is 0 Å². The molecule has 3 rings (SSSR count). The van der Waals surface area contributed by atoms with Gasteiger partial charge in [-0.05, 0) is 47.4 Å². The number of fused-ring (bicyclic) bond motifs is 1. The standard InChI is InChI=1S/C21H24N2O4/c1-24-17-6-5-14(9-18(17)25-2)12-21(13-22)16-11-20(27-4)19(26-3)10-15(16)7-8-23-21/h5-6,9-11,23H,7-8,12H2,1-4H3. The summed E-state index contributed by atoms with van der Waals surface area (Å²) in [6.45, 7) is 0.712. The average Bonchev–Trinajstić information content (AvgIpc) is 2.72. The minimum Gasteiger partial charge on any atom is -0.493 e. The second kappa shape index (κ2) is 7.77. The normalized spacial score (nSPS) is 18.2. The molecular weight excluding hydrogens is 344 g/mol. The third kappa shape index (κ3) is 3.38. The van der Waals surface area contributed by atoms with Crippen molar-refractivity contribution in [3.05, 3.63) is 47.0 Å². The minimum absolute atomic E-state index is 0.492. The van der Waals surface area contributed by atoms with Crippen molar-refractivity contribution in [1.82, 2.24) is 5.32 Å². The lowest BCUT2D eigenvalue weighted by Gasteiger charge is -2.35. The number of rotatable bonds is 6. The van der Waals surface area contributed by atoms with E-state index in [-0.39, 0.29) is 0 Å². The molecule has 1 aliphatic rings. The van der Waals surface area contributed by atoms with E-state index < -0.39 is 5.54 Å². The number of hydrogen-bond acceptors (Lipinski definition) is 6. The van der Waals surface area contributed by atoms with Gasteiger partial charge in [0, 0.05) is 13.0 Å². The fraction of sp³-hybridized carbons (Fsp3) is 0.381. The van der Waals surface area contributed by atoms with E-state index in [0.29, 0.717) is 36.0 Å². The summed E-state index contributed by atoms with van der Waals surface area (Å²) in [5.74, 6) is 2.60. The van der Waals surface area contributed by atoms with Gasteiger partial charge in [0.05, 0.1) is 34.5 Å². The highest BCUT2D eigenvalue weighted by Crippen LogP contribution is 2.40. The van der Waals surface area contributed by atoms with Crippen LogP contribution in [0.25, 0.3) is 0 Å². The molecule has 0 saturated carbocycles. The predicted molar refractivity (Wildman–Crippen MR) is 102 cm³/mol. The van der Waals surface area contributed by atoms with E-state index in [1.54, 1.807) is 28.4 Å². The Bertz CT molecular complexity index is 875. The Morgan fingerprint density at radius 1 is 0.926 bits per heavy atom. The lowest BCUT2D eigenvalue weighted by Crippen LogP contribution is -2.48. The molecule has 1 unspecified atom stereocenters. The smallest absolute Gasteiger partial charge is 0.161 e. The van der Waals surface area contributed by atoms with Crippen LogP contribution in [0.3, 0.4) is 0 Å².